The molecule has 1 aliphatic carbocycles. The first-order valence-electron chi connectivity index (χ1n) is 6.16. The number of ether oxygens (including phenoxy) is 1. The minimum absolute atomic E-state index is 0.0563. The van der Waals surface area contributed by atoms with Gasteiger partial charge in [-0.1, -0.05) is 67.4 Å². The first-order chi connectivity index (χ1) is 8.93. The molecule has 2 atom stereocenters. The van der Waals surface area contributed by atoms with Crippen molar-refractivity contribution in [3.05, 3.63) is 46.5 Å². The van der Waals surface area contributed by atoms with Crippen LogP contribution in [-0.4, -0.2) is 5.97 Å². The van der Waals surface area contributed by atoms with Crippen molar-refractivity contribution in [2.75, 3.05) is 0 Å². The van der Waals surface area contributed by atoms with Gasteiger partial charge in [0.25, 0.3) is 0 Å². The maximum atomic E-state index is 12.0. The number of esters is 1. The zero-order valence-electron chi connectivity index (χ0n) is 10.9. The molecule has 1 fully saturated rings. The Hall–Kier alpha value is -0.990. The van der Waals surface area contributed by atoms with Crippen LogP contribution in [-0.2, 0) is 16.1 Å². The van der Waals surface area contributed by atoms with E-state index in [4.69, 9.17) is 27.9 Å². The number of benzene rings is 1. The summed E-state index contributed by atoms with van der Waals surface area (Å²) in [6, 6.07) is 9.63. The molecule has 0 heterocycles. The predicted octanol–water partition coefficient (Wildman–Crippen LogP) is 4.32. The molecule has 1 aromatic rings. The standard InChI is InChI=1S/C15H16Cl2O2/c1-15(2)11(8-12(16)17)13(15)14(18)19-9-10-6-4-3-5-7-10/h3-8,11,13H,9H2,1-2H3/t11-,13-/m1/s1. The molecule has 0 radical (unpaired) electrons. The van der Waals surface area contributed by atoms with Crippen LogP contribution in [0.3, 0.4) is 0 Å². The van der Waals surface area contributed by atoms with Crippen LogP contribution in [0.15, 0.2) is 40.9 Å². The van der Waals surface area contributed by atoms with E-state index in [0.717, 1.165) is 5.56 Å². The van der Waals surface area contributed by atoms with E-state index in [9.17, 15) is 4.79 Å². The molecule has 1 aliphatic rings. The summed E-state index contributed by atoms with van der Waals surface area (Å²) < 4.78 is 5.55. The Labute approximate surface area is 123 Å². The van der Waals surface area contributed by atoms with Crippen LogP contribution in [0.5, 0.6) is 0 Å². The average molecular weight is 299 g/mol. The van der Waals surface area contributed by atoms with Gasteiger partial charge in [0.15, 0.2) is 0 Å². The van der Waals surface area contributed by atoms with Gasteiger partial charge in [0.2, 0.25) is 0 Å². The highest BCUT2D eigenvalue weighted by Gasteiger charge is 2.61. The third kappa shape index (κ3) is 3.31. The van der Waals surface area contributed by atoms with E-state index in [1.807, 2.05) is 44.2 Å². The molecule has 0 bridgehead atoms. The monoisotopic (exact) mass is 298 g/mol. The molecule has 2 nitrogen and oxygen atoms in total. The van der Waals surface area contributed by atoms with Gasteiger partial charge in [0, 0.05) is 0 Å². The maximum absolute atomic E-state index is 12.0. The Morgan fingerprint density at radius 3 is 2.53 bits per heavy atom. The molecule has 0 saturated heterocycles. The van der Waals surface area contributed by atoms with Gasteiger partial charge in [0.1, 0.15) is 11.1 Å². The topological polar surface area (TPSA) is 26.3 Å². The van der Waals surface area contributed by atoms with E-state index in [0.29, 0.717) is 6.61 Å². The summed E-state index contributed by atoms with van der Waals surface area (Å²) in [6.45, 7) is 4.33. The van der Waals surface area contributed by atoms with Crippen molar-refractivity contribution >= 4 is 29.2 Å². The van der Waals surface area contributed by atoms with Crippen molar-refractivity contribution in [2.24, 2.45) is 17.3 Å². The summed E-state index contributed by atoms with van der Waals surface area (Å²) >= 11 is 11.3. The number of carbonyl (C=O) groups is 1. The molecule has 0 spiro atoms. The average Bonchev–Trinajstić information content (AvgIpc) is 2.88. The fourth-order valence-electron chi connectivity index (χ4n) is 2.39. The van der Waals surface area contributed by atoms with Crippen LogP contribution >= 0.6 is 23.2 Å². The number of halogens is 2. The second kappa shape index (κ2) is 5.56. The van der Waals surface area contributed by atoms with Gasteiger partial charge in [-0.25, -0.2) is 0 Å². The van der Waals surface area contributed by atoms with Gasteiger partial charge >= 0.3 is 5.97 Å². The third-order valence-corrected chi connectivity index (χ3v) is 3.95. The van der Waals surface area contributed by atoms with Gasteiger partial charge in [-0.05, 0) is 23.0 Å². The smallest absolute Gasteiger partial charge is 0.310 e. The zero-order valence-corrected chi connectivity index (χ0v) is 12.4. The molecule has 4 heteroatoms. The van der Waals surface area contributed by atoms with E-state index >= 15 is 0 Å². The van der Waals surface area contributed by atoms with E-state index in [1.165, 1.54) is 0 Å². The van der Waals surface area contributed by atoms with Crippen molar-refractivity contribution in [1.82, 2.24) is 0 Å². The fourth-order valence-corrected chi connectivity index (χ4v) is 2.66. The number of hydrogen-bond acceptors (Lipinski definition) is 2. The van der Waals surface area contributed by atoms with Crippen molar-refractivity contribution < 1.29 is 9.53 Å². The molecule has 1 saturated carbocycles. The summed E-state index contributed by atoms with van der Waals surface area (Å²) in [7, 11) is 0. The summed E-state index contributed by atoms with van der Waals surface area (Å²) in [4.78, 5) is 12.0. The Balaban J connectivity index is 1.93. The van der Waals surface area contributed by atoms with Crippen molar-refractivity contribution in [3.63, 3.8) is 0 Å². The first kappa shape index (κ1) is 14.4. The summed E-state index contributed by atoms with van der Waals surface area (Å²) in [5, 5.41) is 0. The summed E-state index contributed by atoms with van der Waals surface area (Å²) in [5.41, 5.74) is 0.847. The first-order valence-corrected chi connectivity index (χ1v) is 6.92. The van der Waals surface area contributed by atoms with E-state index in [1.54, 1.807) is 6.08 Å². The molecule has 1 aromatic carbocycles. The van der Waals surface area contributed by atoms with Crippen molar-refractivity contribution in [3.8, 4) is 0 Å². The predicted molar refractivity (Wildman–Crippen MR) is 76.8 cm³/mol. The number of hydrogen-bond donors (Lipinski definition) is 0. The Morgan fingerprint density at radius 2 is 1.95 bits per heavy atom. The molecule has 102 valence electrons. The third-order valence-electron chi connectivity index (χ3n) is 3.69. The second-order valence-corrected chi connectivity index (χ2v) is 6.38. The molecule has 0 aromatic heterocycles. The lowest BCUT2D eigenvalue weighted by Gasteiger charge is -2.05. The molecule has 0 N–H and O–H groups in total. The molecular weight excluding hydrogens is 283 g/mol. The number of rotatable bonds is 4. The molecule has 0 amide bonds. The summed E-state index contributed by atoms with van der Waals surface area (Å²) in [6.07, 6.45) is 1.72. The molecule has 0 aliphatic heterocycles. The van der Waals surface area contributed by atoms with E-state index in [-0.39, 0.29) is 27.7 Å². The molecule has 2 rings (SSSR count). The summed E-state index contributed by atoms with van der Waals surface area (Å²) in [5.74, 6) is -0.297. The SMILES string of the molecule is CC1(C)[C@H](C=C(Cl)Cl)[C@@H]1C(=O)OCc1ccccc1. The Morgan fingerprint density at radius 1 is 1.32 bits per heavy atom. The van der Waals surface area contributed by atoms with Gasteiger partial charge in [0.05, 0.1) is 5.92 Å². The van der Waals surface area contributed by atoms with Gasteiger partial charge < -0.3 is 4.74 Å². The van der Waals surface area contributed by atoms with Crippen LogP contribution in [0.2, 0.25) is 0 Å². The van der Waals surface area contributed by atoms with Crippen molar-refractivity contribution in [2.45, 2.75) is 20.5 Å². The Kier molecular flexibility index (Phi) is 4.22. The van der Waals surface area contributed by atoms with Crippen LogP contribution < -0.4 is 0 Å². The highest BCUT2D eigenvalue weighted by molar-refractivity contribution is 6.55. The van der Waals surface area contributed by atoms with Crippen LogP contribution in [0.25, 0.3) is 0 Å². The minimum Gasteiger partial charge on any atom is -0.461 e. The number of allylic oxidation sites excluding steroid dienone is 1. The van der Waals surface area contributed by atoms with Crippen LogP contribution in [0.1, 0.15) is 19.4 Å². The van der Waals surface area contributed by atoms with Gasteiger partial charge in [-0.3, -0.25) is 4.79 Å². The lowest BCUT2D eigenvalue weighted by Crippen LogP contribution is -2.10. The van der Waals surface area contributed by atoms with Crippen LogP contribution in [0.4, 0.5) is 0 Å². The fraction of sp³-hybridized carbons (Fsp3) is 0.400. The molecular formula is C15H16Cl2O2. The van der Waals surface area contributed by atoms with Crippen LogP contribution in [0, 0.1) is 17.3 Å². The normalized spacial score (nSPS) is 23.6. The van der Waals surface area contributed by atoms with Gasteiger partial charge in [-0.2, -0.15) is 0 Å². The lowest BCUT2D eigenvalue weighted by atomic mass is 10.1. The van der Waals surface area contributed by atoms with Gasteiger partial charge in [-0.15, -0.1) is 0 Å². The van der Waals surface area contributed by atoms with Crippen molar-refractivity contribution in [1.29, 1.82) is 0 Å². The minimum atomic E-state index is -0.190. The highest BCUT2D eigenvalue weighted by Crippen LogP contribution is 2.60. The largest absolute Gasteiger partial charge is 0.461 e. The quantitative estimate of drug-likeness (QED) is 0.774. The second-order valence-electron chi connectivity index (χ2n) is 5.37. The Bertz CT molecular complexity index is 490. The van der Waals surface area contributed by atoms with E-state index in [2.05, 4.69) is 0 Å². The highest BCUT2D eigenvalue weighted by atomic mass is 35.5. The lowest BCUT2D eigenvalue weighted by molar-refractivity contribution is -0.147. The zero-order chi connectivity index (χ0) is 14.0. The molecule has 19 heavy (non-hydrogen) atoms. The number of carbonyl (C=O) groups excluding carboxylic acids is 1. The maximum Gasteiger partial charge on any atom is 0.310 e. The van der Waals surface area contributed by atoms with E-state index < -0.39 is 0 Å². The molecule has 0 unspecified atom stereocenters.